The maximum absolute atomic E-state index is 2.45. The van der Waals surface area contributed by atoms with E-state index in [1.165, 1.54) is 77.7 Å². The van der Waals surface area contributed by atoms with Crippen LogP contribution in [0.2, 0.25) is 0 Å². The Morgan fingerprint density at radius 3 is 1.29 bits per heavy atom. The Bertz CT molecular complexity index is 3280. The van der Waals surface area contributed by atoms with Crippen LogP contribution in [-0.2, 0) is 16.2 Å². The van der Waals surface area contributed by atoms with Crippen LogP contribution in [0.25, 0.3) is 45.2 Å². The molecule has 2 aliphatic rings. The molecule has 9 aromatic rings. The molecule has 0 aromatic heterocycles. The lowest BCUT2D eigenvalue weighted by atomic mass is 9.81. The quantitative estimate of drug-likeness (QED) is 0.141. The van der Waals surface area contributed by atoms with E-state index in [0.29, 0.717) is 0 Å². The van der Waals surface area contributed by atoms with Gasteiger partial charge in [-0.3, -0.25) is 0 Å². The SMILES string of the molecule is CC(C)(C)c1ccc(N(c2ccc3c(c2)C(C)(C)c2cc(C=Cc4ccc5c(c4)C(C)(C)c4cc(N(c6ccccc6)c6ccccc6)ccc4-5)ccc2-3)c2cccc3ccccc23)cc1. The maximum Gasteiger partial charge on any atom is 0.0540 e. The minimum absolute atomic E-state index is 0.0747. The molecule has 0 fully saturated rings. The van der Waals surface area contributed by atoms with Crippen molar-refractivity contribution in [2.24, 2.45) is 0 Å². The first-order valence-electron chi connectivity index (χ1n) is 23.4. The number of hydrogen-bond donors (Lipinski definition) is 0. The summed E-state index contributed by atoms with van der Waals surface area (Å²) in [5, 5.41) is 2.47. The zero-order valence-electron chi connectivity index (χ0n) is 39.1. The smallest absolute Gasteiger partial charge is 0.0540 e. The van der Waals surface area contributed by atoms with Crippen LogP contribution in [-0.4, -0.2) is 0 Å². The first-order chi connectivity index (χ1) is 31.9. The highest BCUT2D eigenvalue weighted by Gasteiger charge is 2.38. The molecule has 2 aliphatic carbocycles. The van der Waals surface area contributed by atoms with E-state index in [-0.39, 0.29) is 16.2 Å². The molecule has 66 heavy (non-hydrogen) atoms. The van der Waals surface area contributed by atoms with Crippen LogP contribution >= 0.6 is 0 Å². The summed E-state index contributed by atoms with van der Waals surface area (Å²) in [5.41, 5.74) is 21.1. The Morgan fingerprint density at radius 1 is 0.364 bits per heavy atom. The number of benzene rings is 9. The van der Waals surface area contributed by atoms with Crippen LogP contribution in [0.15, 0.2) is 200 Å². The number of hydrogen-bond acceptors (Lipinski definition) is 2. The average Bonchev–Trinajstić information content (AvgIpc) is 3.69. The van der Waals surface area contributed by atoms with E-state index in [1.807, 2.05) is 0 Å². The zero-order valence-corrected chi connectivity index (χ0v) is 39.1. The van der Waals surface area contributed by atoms with Gasteiger partial charge in [0.15, 0.2) is 0 Å². The van der Waals surface area contributed by atoms with Gasteiger partial charge in [-0.1, -0.05) is 194 Å². The molecule has 0 spiro atoms. The standard InChI is InChI=1S/C64H56N2/c1-62(2,3)46-29-31-49(32-30-46)66(61-24-16-18-45-17-14-15-23-52(45)61)51-34-38-56-54-36-28-44(40-58(54)64(6,7)60(56)42-51)26-25-43-27-35-53-55-37-33-50(41-59(55)63(4,5)57(53)39-43)65(47-19-10-8-11-20-47)48-21-12-9-13-22-48/h8-42H,1-7H3. The summed E-state index contributed by atoms with van der Waals surface area (Å²) < 4.78 is 0. The number of para-hydroxylation sites is 2. The number of fused-ring (bicyclic) bond motifs is 7. The largest absolute Gasteiger partial charge is 0.310 e. The van der Waals surface area contributed by atoms with Crippen molar-refractivity contribution in [1.29, 1.82) is 0 Å². The van der Waals surface area contributed by atoms with Gasteiger partial charge >= 0.3 is 0 Å². The van der Waals surface area contributed by atoms with E-state index < -0.39 is 0 Å². The van der Waals surface area contributed by atoms with E-state index in [0.717, 1.165) is 28.4 Å². The fourth-order valence-electron chi connectivity index (χ4n) is 10.7. The van der Waals surface area contributed by atoms with Crippen molar-refractivity contribution in [2.75, 3.05) is 9.80 Å². The van der Waals surface area contributed by atoms with E-state index in [2.05, 4.69) is 271 Å². The first kappa shape index (κ1) is 41.3. The van der Waals surface area contributed by atoms with Gasteiger partial charge in [-0.25, -0.2) is 0 Å². The molecule has 2 heteroatoms. The van der Waals surface area contributed by atoms with E-state index in [9.17, 15) is 0 Å². The summed E-state index contributed by atoms with van der Waals surface area (Å²) in [5.74, 6) is 0. The van der Waals surface area contributed by atoms with Gasteiger partial charge in [-0.15, -0.1) is 0 Å². The molecular formula is C64H56N2. The topological polar surface area (TPSA) is 6.48 Å². The lowest BCUT2D eigenvalue weighted by Gasteiger charge is -2.30. The molecule has 0 amide bonds. The molecule has 0 bridgehead atoms. The molecule has 0 unspecified atom stereocenters. The third-order valence-electron chi connectivity index (χ3n) is 14.4. The molecule has 0 aliphatic heterocycles. The van der Waals surface area contributed by atoms with Crippen molar-refractivity contribution >= 4 is 57.0 Å². The van der Waals surface area contributed by atoms with Crippen LogP contribution in [0.3, 0.4) is 0 Å². The molecule has 0 saturated heterocycles. The fraction of sp³-hybridized carbons (Fsp3) is 0.156. The Kier molecular flexibility index (Phi) is 9.78. The molecule has 11 rings (SSSR count). The summed E-state index contributed by atoms with van der Waals surface area (Å²) in [6.45, 7) is 16.4. The highest BCUT2D eigenvalue weighted by atomic mass is 15.1. The molecule has 9 aromatic carbocycles. The van der Waals surface area contributed by atoms with Gasteiger partial charge in [0.25, 0.3) is 0 Å². The molecule has 0 N–H and O–H groups in total. The Hall–Kier alpha value is -7.42. The van der Waals surface area contributed by atoms with Gasteiger partial charge in [-0.05, 0) is 139 Å². The van der Waals surface area contributed by atoms with Crippen molar-refractivity contribution in [3.63, 3.8) is 0 Å². The van der Waals surface area contributed by atoms with Gasteiger partial charge in [0.1, 0.15) is 0 Å². The summed E-state index contributed by atoms with van der Waals surface area (Å²) in [4.78, 5) is 4.80. The van der Waals surface area contributed by atoms with Gasteiger partial charge < -0.3 is 9.80 Å². The predicted molar refractivity (Wildman–Crippen MR) is 283 cm³/mol. The van der Waals surface area contributed by atoms with E-state index in [4.69, 9.17) is 0 Å². The second-order valence-corrected chi connectivity index (χ2v) is 20.3. The van der Waals surface area contributed by atoms with Gasteiger partial charge in [0.05, 0.1) is 5.69 Å². The fourth-order valence-corrected chi connectivity index (χ4v) is 10.7. The summed E-state index contributed by atoms with van der Waals surface area (Å²) in [7, 11) is 0. The van der Waals surface area contributed by atoms with Crippen LogP contribution in [0.4, 0.5) is 34.1 Å². The van der Waals surface area contributed by atoms with Crippen molar-refractivity contribution in [2.45, 2.75) is 64.7 Å². The lowest BCUT2D eigenvalue weighted by Crippen LogP contribution is -2.17. The Balaban J connectivity index is 0.899. The highest BCUT2D eigenvalue weighted by molar-refractivity contribution is 5.99. The molecular weight excluding hydrogens is 797 g/mol. The monoisotopic (exact) mass is 852 g/mol. The number of rotatable bonds is 8. The molecule has 0 heterocycles. The summed E-state index contributed by atoms with van der Waals surface area (Å²) >= 11 is 0. The minimum atomic E-state index is -0.191. The molecule has 0 saturated carbocycles. The first-order valence-corrected chi connectivity index (χ1v) is 23.4. The third-order valence-corrected chi connectivity index (χ3v) is 14.4. The molecule has 2 nitrogen and oxygen atoms in total. The third kappa shape index (κ3) is 6.95. The normalized spacial score (nSPS) is 14.2. The van der Waals surface area contributed by atoms with Crippen molar-refractivity contribution in [3.8, 4) is 22.3 Å². The summed E-state index contributed by atoms with van der Waals surface area (Å²) in [6, 6.07) is 74.1. The highest BCUT2D eigenvalue weighted by Crippen LogP contribution is 2.53. The average molecular weight is 853 g/mol. The van der Waals surface area contributed by atoms with Gasteiger partial charge in [-0.2, -0.15) is 0 Å². The Labute approximate surface area is 391 Å². The van der Waals surface area contributed by atoms with E-state index in [1.54, 1.807) is 0 Å². The van der Waals surface area contributed by atoms with Gasteiger partial charge in [0.2, 0.25) is 0 Å². The lowest BCUT2D eigenvalue weighted by molar-refractivity contribution is 0.590. The molecule has 0 atom stereocenters. The molecule has 322 valence electrons. The van der Waals surface area contributed by atoms with Crippen LogP contribution < -0.4 is 9.80 Å². The number of anilines is 6. The van der Waals surface area contributed by atoms with Crippen LogP contribution in [0.1, 0.15) is 87.4 Å². The maximum atomic E-state index is 2.45. The second-order valence-electron chi connectivity index (χ2n) is 20.3. The van der Waals surface area contributed by atoms with Crippen LogP contribution in [0.5, 0.6) is 0 Å². The molecule has 0 radical (unpaired) electrons. The number of nitrogens with zero attached hydrogens (tertiary/aromatic N) is 2. The Morgan fingerprint density at radius 2 is 0.773 bits per heavy atom. The minimum Gasteiger partial charge on any atom is -0.310 e. The van der Waals surface area contributed by atoms with Gasteiger partial charge in [0, 0.05) is 44.7 Å². The van der Waals surface area contributed by atoms with Crippen molar-refractivity contribution < 1.29 is 0 Å². The predicted octanol–water partition coefficient (Wildman–Crippen LogP) is 17.9. The van der Waals surface area contributed by atoms with E-state index >= 15 is 0 Å². The second kappa shape index (κ2) is 15.6. The summed E-state index contributed by atoms with van der Waals surface area (Å²) in [6.07, 6.45) is 4.58. The van der Waals surface area contributed by atoms with Crippen LogP contribution in [0, 0.1) is 0 Å². The van der Waals surface area contributed by atoms with Crippen molar-refractivity contribution in [3.05, 3.63) is 239 Å². The van der Waals surface area contributed by atoms with Crippen molar-refractivity contribution in [1.82, 2.24) is 0 Å². The zero-order chi connectivity index (χ0) is 45.4.